The zero-order valence-corrected chi connectivity index (χ0v) is 11.9. The molecule has 20 heavy (non-hydrogen) atoms. The number of aromatic nitrogens is 1. The van der Waals surface area contributed by atoms with Gasteiger partial charge in [-0.1, -0.05) is 18.2 Å². The number of nitrogen functional groups attached to an aromatic ring is 1. The van der Waals surface area contributed by atoms with Gasteiger partial charge in [0.2, 0.25) is 5.91 Å². The molecule has 0 spiro atoms. The molecule has 0 aliphatic carbocycles. The van der Waals surface area contributed by atoms with Crippen molar-refractivity contribution in [2.75, 3.05) is 30.3 Å². The van der Waals surface area contributed by atoms with Gasteiger partial charge in [-0.2, -0.15) is 0 Å². The number of likely N-dealkylation sites (N-methyl/N-ethyl adjacent to an activating group) is 2. The van der Waals surface area contributed by atoms with E-state index < -0.39 is 0 Å². The van der Waals surface area contributed by atoms with E-state index in [2.05, 4.69) is 10.3 Å². The summed E-state index contributed by atoms with van der Waals surface area (Å²) in [5, 5.41) is 3.78. The summed E-state index contributed by atoms with van der Waals surface area (Å²) in [5.41, 5.74) is 8.43. The minimum atomic E-state index is -0.00496. The van der Waals surface area contributed by atoms with E-state index in [-0.39, 0.29) is 5.91 Å². The van der Waals surface area contributed by atoms with Gasteiger partial charge in [-0.15, -0.1) is 0 Å². The lowest BCUT2D eigenvalue weighted by atomic mass is 10.1. The molecule has 5 heteroatoms. The molecule has 106 valence electrons. The lowest BCUT2D eigenvalue weighted by Crippen LogP contribution is -2.37. The summed E-state index contributed by atoms with van der Waals surface area (Å²) in [6, 6.07) is 7.81. The maximum absolute atomic E-state index is 11.8. The number of anilines is 2. The van der Waals surface area contributed by atoms with Gasteiger partial charge in [0.25, 0.3) is 0 Å². The first-order chi connectivity index (χ1) is 9.67. The van der Waals surface area contributed by atoms with Crippen molar-refractivity contribution in [1.29, 1.82) is 0 Å². The van der Waals surface area contributed by atoms with Crippen LogP contribution in [0, 0.1) is 0 Å². The van der Waals surface area contributed by atoms with Crippen molar-refractivity contribution in [3.05, 3.63) is 30.5 Å². The van der Waals surface area contributed by atoms with Crippen LogP contribution in [-0.2, 0) is 4.79 Å². The predicted octanol–water partition coefficient (Wildman–Crippen LogP) is 1.78. The molecule has 2 aromatic rings. The van der Waals surface area contributed by atoms with Gasteiger partial charge in [-0.05, 0) is 19.9 Å². The fourth-order valence-corrected chi connectivity index (χ4v) is 2.27. The van der Waals surface area contributed by atoms with Gasteiger partial charge in [-0.3, -0.25) is 9.78 Å². The van der Waals surface area contributed by atoms with Crippen LogP contribution >= 0.6 is 0 Å². The van der Waals surface area contributed by atoms with Crippen molar-refractivity contribution < 1.29 is 4.79 Å². The fourth-order valence-electron chi connectivity index (χ4n) is 2.27. The molecule has 1 aromatic heterocycles. The molecule has 0 radical (unpaired) electrons. The van der Waals surface area contributed by atoms with Crippen LogP contribution < -0.4 is 16.0 Å². The number of benzene rings is 1. The molecule has 1 amide bonds. The van der Waals surface area contributed by atoms with Crippen LogP contribution in [0.25, 0.3) is 10.9 Å². The van der Waals surface area contributed by atoms with Crippen molar-refractivity contribution in [1.82, 2.24) is 10.3 Å². The highest BCUT2D eigenvalue weighted by molar-refractivity contribution is 5.98. The van der Waals surface area contributed by atoms with Crippen molar-refractivity contribution >= 4 is 28.2 Å². The Morgan fingerprint density at radius 1 is 1.35 bits per heavy atom. The Labute approximate surface area is 118 Å². The highest BCUT2D eigenvalue weighted by Gasteiger charge is 2.15. The van der Waals surface area contributed by atoms with Gasteiger partial charge < -0.3 is 16.0 Å². The van der Waals surface area contributed by atoms with Crippen LogP contribution in [-0.4, -0.2) is 30.5 Å². The van der Waals surface area contributed by atoms with Crippen LogP contribution in [0.15, 0.2) is 30.5 Å². The summed E-state index contributed by atoms with van der Waals surface area (Å²) < 4.78 is 0. The summed E-state index contributed by atoms with van der Waals surface area (Å²) in [5.74, 6) is -0.00496. The second-order valence-electron chi connectivity index (χ2n) is 4.55. The smallest absolute Gasteiger partial charge is 0.239 e. The number of carbonyl (C=O) groups is 1. The molecule has 2 rings (SSSR count). The minimum absolute atomic E-state index is 0.00496. The first-order valence-electron chi connectivity index (χ1n) is 6.82. The number of carbonyl (C=O) groups excluding carboxylic acids is 1. The van der Waals surface area contributed by atoms with E-state index in [4.69, 9.17) is 5.73 Å². The Morgan fingerprint density at radius 3 is 2.80 bits per heavy atom. The monoisotopic (exact) mass is 272 g/mol. The topological polar surface area (TPSA) is 71.2 Å². The van der Waals surface area contributed by atoms with E-state index in [9.17, 15) is 4.79 Å². The van der Waals surface area contributed by atoms with Crippen molar-refractivity contribution in [3.63, 3.8) is 0 Å². The molecule has 0 saturated heterocycles. The molecular weight excluding hydrogens is 252 g/mol. The molecule has 0 aliphatic heterocycles. The van der Waals surface area contributed by atoms with Crippen LogP contribution in [0.5, 0.6) is 0 Å². The number of nitrogens with zero attached hydrogens (tertiary/aromatic N) is 2. The lowest BCUT2D eigenvalue weighted by molar-refractivity contribution is -0.119. The Balaban J connectivity index is 2.43. The molecule has 0 fully saturated rings. The number of pyridine rings is 1. The number of hydrogen-bond acceptors (Lipinski definition) is 4. The van der Waals surface area contributed by atoms with Crippen LogP contribution in [0.1, 0.15) is 13.8 Å². The average molecular weight is 272 g/mol. The van der Waals surface area contributed by atoms with Crippen LogP contribution in [0.2, 0.25) is 0 Å². The third-order valence-electron chi connectivity index (χ3n) is 3.18. The second kappa shape index (κ2) is 6.23. The van der Waals surface area contributed by atoms with Crippen molar-refractivity contribution in [2.24, 2.45) is 0 Å². The summed E-state index contributed by atoms with van der Waals surface area (Å²) in [6.45, 7) is 5.54. The number of nitrogens with one attached hydrogen (secondary N) is 1. The summed E-state index contributed by atoms with van der Waals surface area (Å²) in [4.78, 5) is 18.1. The number of para-hydroxylation sites is 1. The van der Waals surface area contributed by atoms with E-state index in [1.165, 1.54) is 0 Å². The highest BCUT2D eigenvalue weighted by Crippen LogP contribution is 2.31. The summed E-state index contributed by atoms with van der Waals surface area (Å²) >= 11 is 0. The number of rotatable bonds is 5. The standard InChI is InChI=1S/C15H20N4O/c1-3-17-14(20)10-19(4-2)15-11-7-5-6-8-13(11)18-9-12(15)16/h5-9H,3-4,10,16H2,1-2H3,(H,17,20). The Morgan fingerprint density at radius 2 is 2.10 bits per heavy atom. The molecule has 0 aliphatic rings. The van der Waals surface area contributed by atoms with Gasteiger partial charge in [-0.25, -0.2) is 0 Å². The van der Waals surface area contributed by atoms with Gasteiger partial charge >= 0.3 is 0 Å². The summed E-state index contributed by atoms with van der Waals surface area (Å²) in [7, 11) is 0. The van der Waals surface area contributed by atoms with Crippen molar-refractivity contribution in [3.8, 4) is 0 Å². The van der Waals surface area contributed by atoms with Gasteiger partial charge in [0.15, 0.2) is 0 Å². The zero-order valence-electron chi connectivity index (χ0n) is 11.9. The zero-order chi connectivity index (χ0) is 14.5. The summed E-state index contributed by atoms with van der Waals surface area (Å²) in [6.07, 6.45) is 1.65. The second-order valence-corrected chi connectivity index (χ2v) is 4.55. The third kappa shape index (κ3) is 2.82. The van der Waals surface area contributed by atoms with E-state index in [0.29, 0.717) is 25.3 Å². The highest BCUT2D eigenvalue weighted by atomic mass is 16.2. The first-order valence-corrected chi connectivity index (χ1v) is 6.82. The number of hydrogen-bond donors (Lipinski definition) is 2. The molecule has 0 saturated carbocycles. The quantitative estimate of drug-likeness (QED) is 0.870. The number of amides is 1. The van der Waals surface area contributed by atoms with Gasteiger partial charge in [0.05, 0.1) is 29.6 Å². The van der Waals surface area contributed by atoms with Crippen LogP contribution in [0.3, 0.4) is 0 Å². The fraction of sp³-hybridized carbons (Fsp3) is 0.333. The van der Waals surface area contributed by atoms with E-state index >= 15 is 0 Å². The molecule has 1 aromatic carbocycles. The van der Waals surface area contributed by atoms with Gasteiger partial charge in [0.1, 0.15) is 0 Å². The maximum Gasteiger partial charge on any atom is 0.239 e. The normalized spacial score (nSPS) is 10.5. The molecule has 0 unspecified atom stereocenters. The Kier molecular flexibility index (Phi) is 4.40. The SMILES string of the molecule is CCNC(=O)CN(CC)c1c(N)cnc2ccccc12. The molecule has 5 nitrogen and oxygen atoms in total. The molecule has 1 heterocycles. The van der Waals surface area contributed by atoms with E-state index in [1.807, 2.05) is 43.0 Å². The predicted molar refractivity (Wildman–Crippen MR) is 82.7 cm³/mol. The largest absolute Gasteiger partial charge is 0.396 e. The van der Waals surface area contributed by atoms with Crippen LogP contribution in [0.4, 0.5) is 11.4 Å². The molecule has 0 atom stereocenters. The van der Waals surface area contributed by atoms with Crippen molar-refractivity contribution in [2.45, 2.75) is 13.8 Å². The van der Waals surface area contributed by atoms with E-state index in [0.717, 1.165) is 16.6 Å². The molecule has 0 bridgehead atoms. The Bertz CT molecular complexity index is 612. The number of nitrogens with two attached hydrogens (primary N) is 1. The Hall–Kier alpha value is -2.30. The average Bonchev–Trinajstić information content (AvgIpc) is 2.45. The minimum Gasteiger partial charge on any atom is -0.396 e. The first kappa shape index (κ1) is 14.1. The maximum atomic E-state index is 11.8. The van der Waals surface area contributed by atoms with E-state index in [1.54, 1.807) is 6.20 Å². The van der Waals surface area contributed by atoms with Gasteiger partial charge in [0, 0.05) is 18.5 Å². The molecular formula is C15H20N4O. The number of fused-ring (bicyclic) bond motifs is 1. The molecule has 3 N–H and O–H groups in total. The third-order valence-corrected chi connectivity index (χ3v) is 3.18. The lowest BCUT2D eigenvalue weighted by Gasteiger charge is -2.25.